The molecule has 2 aliphatic rings. The van der Waals surface area contributed by atoms with Crippen LogP contribution in [0.2, 0.25) is 5.02 Å². The van der Waals surface area contributed by atoms with Crippen molar-refractivity contribution in [3.63, 3.8) is 0 Å². The lowest BCUT2D eigenvalue weighted by atomic mass is 9.78. The van der Waals surface area contributed by atoms with Crippen LogP contribution in [0.15, 0.2) is 36.4 Å². The SMILES string of the molecule is C[C@@H]1C=CC[C@@H]2C(=O)N(NC(=O)c3ccc(Cl)cc3)C(=O)[C@H]12. The highest BCUT2D eigenvalue weighted by molar-refractivity contribution is 6.30. The quantitative estimate of drug-likeness (QED) is 0.671. The number of hydrogen-bond donors (Lipinski definition) is 1. The average Bonchev–Trinajstić information content (AvgIpc) is 2.74. The van der Waals surface area contributed by atoms with Crippen LogP contribution in [0.4, 0.5) is 0 Å². The van der Waals surface area contributed by atoms with E-state index < -0.39 is 5.91 Å². The van der Waals surface area contributed by atoms with E-state index in [-0.39, 0.29) is 29.6 Å². The van der Waals surface area contributed by atoms with Gasteiger partial charge in [0.25, 0.3) is 17.7 Å². The molecule has 0 bridgehead atoms. The summed E-state index contributed by atoms with van der Waals surface area (Å²) in [7, 11) is 0. The number of carbonyl (C=O) groups excluding carboxylic acids is 3. The predicted octanol–water partition coefficient (Wildman–Crippen LogP) is 2.18. The Kier molecular flexibility index (Phi) is 3.74. The van der Waals surface area contributed by atoms with Gasteiger partial charge >= 0.3 is 0 Å². The number of imide groups is 1. The number of allylic oxidation sites excluding steroid dienone is 2. The van der Waals surface area contributed by atoms with Gasteiger partial charge in [0.05, 0.1) is 11.8 Å². The lowest BCUT2D eigenvalue weighted by molar-refractivity contribution is -0.142. The molecular formula is C16H15ClN2O3. The van der Waals surface area contributed by atoms with E-state index in [1.165, 1.54) is 0 Å². The molecule has 1 heterocycles. The number of halogens is 1. The molecule has 5 nitrogen and oxygen atoms in total. The number of hydrazine groups is 1. The second-order valence-corrected chi connectivity index (χ2v) is 6.05. The monoisotopic (exact) mass is 318 g/mol. The van der Waals surface area contributed by atoms with Crippen LogP contribution in [-0.4, -0.2) is 22.7 Å². The summed E-state index contributed by atoms with van der Waals surface area (Å²) in [5, 5.41) is 1.38. The van der Waals surface area contributed by atoms with Gasteiger partial charge in [0.2, 0.25) is 0 Å². The summed E-state index contributed by atoms with van der Waals surface area (Å²) >= 11 is 5.77. The van der Waals surface area contributed by atoms with E-state index in [2.05, 4.69) is 5.43 Å². The van der Waals surface area contributed by atoms with Crippen molar-refractivity contribution in [2.45, 2.75) is 13.3 Å². The van der Waals surface area contributed by atoms with E-state index in [4.69, 9.17) is 11.6 Å². The van der Waals surface area contributed by atoms with Gasteiger partial charge in [-0.25, -0.2) is 0 Å². The molecule has 0 unspecified atom stereocenters. The summed E-state index contributed by atoms with van der Waals surface area (Å²) in [5.74, 6) is -1.95. The smallest absolute Gasteiger partial charge is 0.270 e. The van der Waals surface area contributed by atoms with Crippen molar-refractivity contribution < 1.29 is 14.4 Å². The summed E-state index contributed by atoms with van der Waals surface area (Å²) in [4.78, 5) is 36.9. The Morgan fingerprint density at radius 1 is 1.23 bits per heavy atom. The fourth-order valence-corrected chi connectivity index (χ4v) is 3.15. The number of fused-ring (bicyclic) bond motifs is 1. The summed E-state index contributed by atoms with van der Waals surface area (Å²) in [6.07, 6.45) is 4.39. The number of carbonyl (C=O) groups is 3. The van der Waals surface area contributed by atoms with Gasteiger partial charge in [-0.1, -0.05) is 30.7 Å². The molecule has 3 amide bonds. The highest BCUT2D eigenvalue weighted by atomic mass is 35.5. The van der Waals surface area contributed by atoms with Gasteiger partial charge in [0.1, 0.15) is 0 Å². The third-order valence-electron chi connectivity index (χ3n) is 4.19. The lowest BCUT2D eigenvalue weighted by Gasteiger charge is -2.22. The minimum absolute atomic E-state index is 0.00682. The predicted molar refractivity (Wildman–Crippen MR) is 80.7 cm³/mol. The van der Waals surface area contributed by atoms with Gasteiger partial charge in [-0.05, 0) is 36.6 Å². The van der Waals surface area contributed by atoms with Crippen LogP contribution >= 0.6 is 11.6 Å². The summed E-state index contributed by atoms with van der Waals surface area (Å²) in [6, 6.07) is 6.24. The van der Waals surface area contributed by atoms with Gasteiger partial charge in [-0.15, -0.1) is 0 Å². The maximum Gasteiger partial charge on any atom is 0.270 e. The standard InChI is InChI=1S/C16H15ClN2O3/c1-9-3-2-4-12-13(9)16(22)19(15(12)21)18-14(20)10-5-7-11(17)8-6-10/h2-3,5-9,12-13H,4H2,1H3,(H,18,20)/t9-,12+,13-/m1/s1. The molecule has 1 N–H and O–H groups in total. The molecule has 1 aliphatic carbocycles. The van der Waals surface area contributed by atoms with E-state index in [9.17, 15) is 14.4 Å². The van der Waals surface area contributed by atoms with E-state index in [1.54, 1.807) is 24.3 Å². The molecule has 0 spiro atoms. The molecule has 22 heavy (non-hydrogen) atoms. The zero-order chi connectivity index (χ0) is 15.9. The molecule has 1 aromatic rings. The van der Waals surface area contributed by atoms with Crippen molar-refractivity contribution in [3.8, 4) is 0 Å². The molecule has 1 aromatic carbocycles. The maximum absolute atomic E-state index is 12.4. The average molecular weight is 319 g/mol. The first-order valence-electron chi connectivity index (χ1n) is 7.10. The van der Waals surface area contributed by atoms with Crippen molar-refractivity contribution in [3.05, 3.63) is 47.0 Å². The number of nitrogens with zero attached hydrogens (tertiary/aromatic N) is 1. The minimum Gasteiger partial charge on any atom is -0.272 e. The minimum atomic E-state index is -0.502. The Morgan fingerprint density at radius 2 is 1.91 bits per heavy atom. The molecule has 1 fully saturated rings. The first-order valence-corrected chi connectivity index (χ1v) is 7.48. The first-order chi connectivity index (χ1) is 10.5. The fraction of sp³-hybridized carbons (Fsp3) is 0.312. The van der Waals surface area contributed by atoms with Gasteiger partial charge in [-0.3, -0.25) is 19.8 Å². The molecule has 3 rings (SSSR count). The van der Waals surface area contributed by atoms with E-state index in [0.717, 1.165) is 5.01 Å². The van der Waals surface area contributed by atoms with Crippen molar-refractivity contribution in [1.29, 1.82) is 0 Å². The highest BCUT2D eigenvalue weighted by Crippen LogP contribution is 2.37. The topological polar surface area (TPSA) is 66.5 Å². The Hall–Kier alpha value is -2.14. The van der Waals surface area contributed by atoms with Crippen LogP contribution in [0, 0.1) is 17.8 Å². The van der Waals surface area contributed by atoms with Crippen LogP contribution in [0.5, 0.6) is 0 Å². The van der Waals surface area contributed by atoms with Crippen molar-refractivity contribution in [1.82, 2.24) is 10.4 Å². The molecule has 1 aliphatic heterocycles. The first kappa shape index (κ1) is 14.8. The van der Waals surface area contributed by atoms with Gasteiger partial charge in [-0.2, -0.15) is 5.01 Å². The maximum atomic E-state index is 12.4. The number of hydrogen-bond acceptors (Lipinski definition) is 3. The molecule has 0 saturated carbocycles. The second-order valence-electron chi connectivity index (χ2n) is 5.61. The Balaban J connectivity index is 1.78. The molecule has 6 heteroatoms. The second kappa shape index (κ2) is 5.57. The number of rotatable bonds is 2. The van der Waals surface area contributed by atoms with E-state index in [1.807, 2.05) is 19.1 Å². The molecule has 1 saturated heterocycles. The third kappa shape index (κ3) is 2.41. The summed E-state index contributed by atoms with van der Waals surface area (Å²) in [6.45, 7) is 1.91. The highest BCUT2D eigenvalue weighted by Gasteiger charge is 2.50. The van der Waals surface area contributed by atoms with Crippen molar-refractivity contribution in [2.75, 3.05) is 0 Å². The van der Waals surface area contributed by atoms with Crippen molar-refractivity contribution in [2.24, 2.45) is 17.8 Å². The number of amides is 3. The molecule has 114 valence electrons. The van der Waals surface area contributed by atoms with E-state index in [0.29, 0.717) is 17.0 Å². The fourth-order valence-electron chi connectivity index (χ4n) is 3.03. The van der Waals surface area contributed by atoms with Crippen LogP contribution in [0.25, 0.3) is 0 Å². The molecule has 0 aromatic heterocycles. The Bertz CT molecular complexity index is 668. The Labute approximate surface area is 132 Å². The van der Waals surface area contributed by atoms with Crippen LogP contribution < -0.4 is 5.43 Å². The van der Waals surface area contributed by atoms with Gasteiger partial charge in [0, 0.05) is 10.6 Å². The largest absolute Gasteiger partial charge is 0.272 e. The zero-order valence-corrected chi connectivity index (χ0v) is 12.7. The third-order valence-corrected chi connectivity index (χ3v) is 4.44. The Morgan fingerprint density at radius 3 is 2.55 bits per heavy atom. The normalized spacial score (nSPS) is 27.0. The molecule has 3 atom stereocenters. The van der Waals surface area contributed by atoms with Gasteiger partial charge < -0.3 is 0 Å². The molecular weight excluding hydrogens is 304 g/mol. The van der Waals surface area contributed by atoms with Gasteiger partial charge in [0.15, 0.2) is 0 Å². The van der Waals surface area contributed by atoms with Crippen molar-refractivity contribution >= 4 is 29.3 Å². The summed E-state index contributed by atoms with van der Waals surface area (Å²) in [5.41, 5.74) is 2.75. The number of nitrogens with one attached hydrogen (secondary N) is 1. The van der Waals surface area contributed by atoms with Crippen LogP contribution in [0.1, 0.15) is 23.7 Å². The molecule has 0 radical (unpaired) electrons. The zero-order valence-electron chi connectivity index (χ0n) is 12.0. The van der Waals surface area contributed by atoms with Crippen LogP contribution in [0.3, 0.4) is 0 Å². The number of benzene rings is 1. The van der Waals surface area contributed by atoms with E-state index >= 15 is 0 Å². The summed E-state index contributed by atoms with van der Waals surface area (Å²) < 4.78 is 0. The lowest BCUT2D eigenvalue weighted by Crippen LogP contribution is -2.46. The van der Waals surface area contributed by atoms with Crippen LogP contribution in [-0.2, 0) is 9.59 Å².